The lowest BCUT2D eigenvalue weighted by Crippen LogP contribution is -2.59. The second-order valence-corrected chi connectivity index (χ2v) is 8.11. The molecule has 8 heteroatoms. The van der Waals surface area contributed by atoms with Crippen LogP contribution in [-0.4, -0.2) is 59.4 Å². The zero-order chi connectivity index (χ0) is 23.9. The minimum absolute atomic E-state index is 0.266. The highest BCUT2D eigenvalue weighted by molar-refractivity contribution is 5.98. The number of hydrogen-bond acceptors (Lipinski definition) is 6. The van der Waals surface area contributed by atoms with Gasteiger partial charge in [0, 0.05) is 37.9 Å². The first-order valence-corrected chi connectivity index (χ1v) is 11.1. The molecule has 1 aromatic heterocycles. The third-order valence-electron chi connectivity index (χ3n) is 5.82. The van der Waals surface area contributed by atoms with Gasteiger partial charge in [0.1, 0.15) is 12.6 Å². The van der Waals surface area contributed by atoms with Crippen molar-refractivity contribution in [3.63, 3.8) is 0 Å². The number of rotatable bonds is 8. The van der Waals surface area contributed by atoms with E-state index in [0.717, 1.165) is 11.3 Å². The average Bonchev–Trinajstić information content (AvgIpc) is 2.88. The van der Waals surface area contributed by atoms with Gasteiger partial charge in [-0.3, -0.25) is 19.5 Å². The van der Waals surface area contributed by atoms with Crippen LogP contribution >= 0.6 is 0 Å². The number of methoxy groups -OCH3 is 1. The molecular weight excluding hydrogens is 432 g/mol. The molecule has 1 aliphatic heterocycles. The van der Waals surface area contributed by atoms with Crippen molar-refractivity contribution in [1.29, 1.82) is 0 Å². The molecule has 1 atom stereocenters. The van der Waals surface area contributed by atoms with Crippen LogP contribution in [0.1, 0.15) is 21.6 Å². The van der Waals surface area contributed by atoms with Crippen molar-refractivity contribution in [3.05, 3.63) is 89.7 Å². The number of amides is 2. The molecule has 0 bridgehead atoms. The second-order valence-electron chi connectivity index (χ2n) is 8.11. The summed E-state index contributed by atoms with van der Waals surface area (Å²) in [6.07, 6.45) is 1.70. The van der Waals surface area contributed by atoms with E-state index in [4.69, 9.17) is 15.2 Å². The number of piperazine rings is 1. The Bertz CT molecular complexity index is 1120. The summed E-state index contributed by atoms with van der Waals surface area (Å²) in [4.78, 5) is 33.5. The number of nitrogens with zero attached hydrogens (tertiary/aromatic N) is 3. The van der Waals surface area contributed by atoms with Crippen LogP contribution in [0.3, 0.4) is 0 Å². The number of carbonyl (C=O) groups is 2. The van der Waals surface area contributed by atoms with Gasteiger partial charge in [0.2, 0.25) is 5.91 Å². The van der Waals surface area contributed by atoms with Crippen LogP contribution in [0.5, 0.6) is 11.5 Å². The first kappa shape index (κ1) is 23.3. The van der Waals surface area contributed by atoms with Crippen molar-refractivity contribution in [2.45, 2.75) is 19.2 Å². The molecule has 1 saturated heterocycles. The van der Waals surface area contributed by atoms with E-state index in [2.05, 4.69) is 9.88 Å². The smallest absolute Gasteiger partial charge is 0.254 e. The Morgan fingerprint density at radius 3 is 2.53 bits per heavy atom. The van der Waals surface area contributed by atoms with Gasteiger partial charge >= 0.3 is 0 Å². The molecule has 1 aliphatic rings. The molecule has 0 aliphatic carbocycles. The molecule has 2 N–H and O–H groups in total. The predicted octanol–water partition coefficient (Wildman–Crippen LogP) is 2.48. The van der Waals surface area contributed by atoms with Gasteiger partial charge in [-0.05, 0) is 35.9 Å². The summed E-state index contributed by atoms with van der Waals surface area (Å²) in [6.45, 7) is 2.41. The molecule has 3 aromatic rings. The Kier molecular flexibility index (Phi) is 7.39. The Balaban J connectivity index is 1.45. The van der Waals surface area contributed by atoms with Crippen molar-refractivity contribution >= 4 is 11.8 Å². The summed E-state index contributed by atoms with van der Waals surface area (Å²) in [5, 5.41) is 0. The third-order valence-corrected chi connectivity index (χ3v) is 5.82. The van der Waals surface area contributed by atoms with E-state index >= 15 is 0 Å². The lowest BCUT2D eigenvalue weighted by Gasteiger charge is -2.40. The molecular formula is C26H28N4O4. The van der Waals surface area contributed by atoms with Gasteiger partial charge in [-0.2, -0.15) is 0 Å². The van der Waals surface area contributed by atoms with E-state index in [-0.39, 0.29) is 12.5 Å². The largest absolute Gasteiger partial charge is 0.493 e. The van der Waals surface area contributed by atoms with E-state index in [0.29, 0.717) is 43.2 Å². The van der Waals surface area contributed by atoms with E-state index in [1.54, 1.807) is 29.3 Å². The second kappa shape index (κ2) is 10.8. The van der Waals surface area contributed by atoms with Gasteiger partial charge in [0.05, 0.1) is 12.8 Å². The maximum Gasteiger partial charge on any atom is 0.254 e. The third kappa shape index (κ3) is 5.52. The SMILES string of the molecule is COc1cc(C(=O)N2CCN(Cc3ccccc3)C[C@H]2C(N)=O)ccc1OCc1ccccn1. The van der Waals surface area contributed by atoms with Crippen molar-refractivity contribution in [2.75, 3.05) is 26.7 Å². The van der Waals surface area contributed by atoms with Gasteiger partial charge in [-0.25, -0.2) is 0 Å². The van der Waals surface area contributed by atoms with Crippen LogP contribution < -0.4 is 15.2 Å². The fourth-order valence-electron chi connectivity index (χ4n) is 4.03. The van der Waals surface area contributed by atoms with Crippen LogP contribution in [0.4, 0.5) is 0 Å². The molecule has 176 valence electrons. The fraction of sp³-hybridized carbons (Fsp3) is 0.269. The minimum atomic E-state index is -0.712. The van der Waals surface area contributed by atoms with Crippen LogP contribution in [0.25, 0.3) is 0 Å². The number of pyridine rings is 1. The summed E-state index contributed by atoms with van der Waals surface area (Å²) in [7, 11) is 1.52. The Morgan fingerprint density at radius 2 is 1.82 bits per heavy atom. The number of carbonyl (C=O) groups excluding carboxylic acids is 2. The lowest BCUT2D eigenvalue weighted by atomic mass is 10.1. The number of benzene rings is 2. The average molecular weight is 461 g/mol. The van der Waals surface area contributed by atoms with Crippen LogP contribution in [0.15, 0.2) is 72.9 Å². The Morgan fingerprint density at radius 1 is 1.03 bits per heavy atom. The van der Waals surface area contributed by atoms with E-state index < -0.39 is 11.9 Å². The highest BCUT2D eigenvalue weighted by Gasteiger charge is 2.34. The molecule has 2 amide bonds. The summed E-state index contributed by atoms with van der Waals surface area (Å²) < 4.78 is 11.3. The fourth-order valence-corrected chi connectivity index (χ4v) is 4.03. The van der Waals surface area contributed by atoms with Gasteiger partial charge in [-0.1, -0.05) is 36.4 Å². The standard InChI is InChI=1S/C26H28N4O4/c1-33-24-15-20(10-11-23(24)34-18-21-9-5-6-12-28-21)26(32)30-14-13-29(17-22(30)25(27)31)16-19-7-3-2-4-8-19/h2-12,15,22H,13-14,16-18H2,1H3,(H2,27,31)/t22-/m0/s1. The minimum Gasteiger partial charge on any atom is -0.493 e. The van der Waals surface area contributed by atoms with Crippen molar-refractivity contribution in [2.24, 2.45) is 5.73 Å². The maximum atomic E-state index is 13.3. The van der Waals surface area contributed by atoms with Crippen LogP contribution in [0, 0.1) is 0 Å². The van der Waals surface area contributed by atoms with Gasteiger partial charge in [-0.15, -0.1) is 0 Å². The van der Waals surface area contributed by atoms with E-state index in [1.807, 2.05) is 48.5 Å². The Hall–Kier alpha value is -3.91. The number of aromatic nitrogens is 1. The predicted molar refractivity (Wildman–Crippen MR) is 127 cm³/mol. The maximum absolute atomic E-state index is 13.3. The van der Waals surface area contributed by atoms with Crippen LogP contribution in [-0.2, 0) is 17.9 Å². The molecule has 2 heterocycles. The monoisotopic (exact) mass is 460 g/mol. The molecule has 2 aromatic carbocycles. The first-order chi connectivity index (χ1) is 16.5. The quantitative estimate of drug-likeness (QED) is 0.555. The Labute approximate surface area is 198 Å². The van der Waals surface area contributed by atoms with Crippen molar-refractivity contribution in [1.82, 2.24) is 14.8 Å². The zero-order valence-electron chi connectivity index (χ0n) is 19.1. The van der Waals surface area contributed by atoms with Crippen LogP contribution in [0.2, 0.25) is 0 Å². The number of nitrogens with two attached hydrogens (primary N) is 1. The number of ether oxygens (including phenoxy) is 2. The summed E-state index contributed by atoms with van der Waals surface area (Å²) in [5.74, 6) is 0.148. The molecule has 0 saturated carbocycles. The summed E-state index contributed by atoms with van der Waals surface area (Å²) in [6, 6.07) is 19.9. The van der Waals surface area contributed by atoms with Crippen molar-refractivity contribution in [3.8, 4) is 11.5 Å². The highest BCUT2D eigenvalue weighted by Crippen LogP contribution is 2.30. The van der Waals surface area contributed by atoms with Gasteiger partial charge in [0.15, 0.2) is 11.5 Å². The molecule has 0 radical (unpaired) electrons. The lowest BCUT2D eigenvalue weighted by molar-refractivity contribution is -0.124. The van der Waals surface area contributed by atoms with Gasteiger partial charge in [0.25, 0.3) is 5.91 Å². The van der Waals surface area contributed by atoms with E-state index in [1.165, 1.54) is 7.11 Å². The topological polar surface area (TPSA) is 98.0 Å². The highest BCUT2D eigenvalue weighted by atomic mass is 16.5. The summed E-state index contributed by atoms with van der Waals surface area (Å²) in [5.41, 5.74) is 8.03. The number of hydrogen-bond donors (Lipinski definition) is 1. The molecule has 0 spiro atoms. The molecule has 0 unspecified atom stereocenters. The molecule has 1 fully saturated rings. The normalized spacial score (nSPS) is 16.1. The van der Waals surface area contributed by atoms with E-state index in [9.17, 15) is 9.59 Å². The molecule has 34 heavy (non-hydrogen) atoms. The number of primary amides is 1. The zero-order valence-corrected chi connectivity index (χ0v) is 19.1. The molecule has 8 nitrogen and oxygen atoms in total. The first-order valence-electron chi connectivity index (χ1n) is 11.1. The summed E-state index contributed by atoms with van der Waals surface area (Å²) >= 11 is 0. The molecule has 4 rings (SSSR count). The van der Waals surface area contributed by atoms with Crippen molar-refractivity contribution < 1.29 is 19.1 Å². The van der Waals surface area contributed by atoms with Gasteiger partial charge < -0.3 is 20.1 Å².